The molecule has 1 rings (SSSR count). The monoisotopic (exact) mass is 215 g/mol. The molecule has 0 aliphatic carbocycles. The van der Waals surface area contributed by atoms with Crippen molar-refractivity contribution in [2.45, 2.75) is 24.5 Å². The molecule has 1 heteroatoms. The summed E-state index contributed by atoms with van der Waals surface area (Å²) in [5, 5.41) is 0. The third kappa shape index (κ3) is 2.35. The van der Waals surface area contributed by atoms with Gasteiger partial charge in [-0.1, -0.05) is 0 Å². The Morgan fingerprint density at radius 2 is 1.64 bits per heavy atom. The van der Waals surface area contributed by atoms with E-state index < -0.39 is 13.9 Å². The fraction of sp³-hybridized carbons (Fsp3) is 0.400. The molecule has 0 spiro atoms. The van der Waals surface area contributed by atoms with Crippen LogP contribution in [0.2, 0.25) is 10.6 Å². The Labute approximate surface area is 73.5 Å². The summed E-state index contributed by atoms with van der Waals surface area (Å²) >= 11 is -0.503. The first-order chi connectivity index (χ1) is 5.22. The Hall–Kier alpha value is -0.261. The number of benzene rings is 1. The molecule has 0 N–H and O–H groups in total. The summed E-state index contributed by atoms with van der Waals surface area (Å²) in [6.07, 6.45) is 0. The Balaban J connectivity index is 2.77. The molecule has 0 saturated carbocycles. The van der Waals surface area contributed by atoms with Crippen LogP contribution >= 0.6 is 0 Å². The Morgan fingerprint density at radius 3 is 2.09 bits per heavy atom. The summed E-state index contributed by atoms with van der Waals surface area (Å²) in [5.41, 5.74) is 0. The van der Waals surface area contributed by atoms with Gasteiger partial charge in [-0.25, -0.2) is 0 Å². The molecule has 0 aliphatic rings. The van der Waals surface area contributed by atoms with E-state index in [-0.39, 0.29) is 0 Å². The fourth-order valence-corrected chi connectivity index (χ4v) is 3.28. The zero-order chi connectivity index (χ0) is 8.27. The van der Waals surface area contributed by atoms with E-state index in [1.807, 2.05) is 0 Å². The maximum absolute atomic E-state index is 2.40. The molecule has 0 saturated heterocycles. The van der Waals surface area contributed by atoms with Gasteiger partial charge in [0, 0.05) is 0 Å². The van der Waals surface area contributed by atoms with Crippen molar-refractivity contribution in [3.63, 3.8) is 0 Å². The molecule has 1 atom stereocenters. The standard InChI is InChI=1S/C10H15Se/c1-9(2)11(3)10-7-5-4-6-8-10/h4-9H,1-3H3/q+1. The molecule has 0 aliphatic heterocycles. The second-order valence-corrected chi connectivity index (χ2v) is 8.23. The molecule has 0 heterocycles. The molecular weight excluding hydrogens is 199 g/mol. The predicted octanol–water partition coefficient (Wildman–Crippen LogP) is 2.43. The van der Waals surface area contributed by atoms with Crippen LogP contribution in [0.4, 0.5) is 0 Å². The van der Waals surface area contributed by atoms with Crippen LogP contribution in [0.15, 0.2) is 30.3 Å². The molecule has 0 fully saturated rings. The van der Waals surface area contributed by atoms with E-state index >= 15 is 0 Å². The molecule has 60 valence electrons. The number of hydrogen-bond donors (Lipinski definition) is 0. The summed E-state index contributed by atoms with van der Waals surface area (Å²) in [7, 11) is 0. The second kappa shape index (κ2) is 3.94. The first-order valence-corrected chi connectivity index (χ1v) is 7.47. The van der Waals surface area contributed by atoms with E-state index in [4.69, 9.17) is 0 Å². The zero-order valence-electron chi connectivity index (χ0n) is 7.37. The quantitative estimate of drug-likeness (QED) is 0.663. The summed E-state index contributed by atoms with van der Waals surface area (Å²) < 4.78 is 1.57. The SMILES string of the molecule is CC(C)[Se+](C)c1ccccc1. The van der Waals surface area contributed by atoms with Crippen molar-refractivity contribution in [3.05, 3.63) is 30.3 Å². The van der Waals surface area contributed by atoms with E-state index in [1.165, 1.54) is 0 Å². The van der Waals surface area contributed by atoms with E-state index in [1.54, 1.807) is 4.46 Å². The third-order valence-electron chi connectivity index (χ3n) is 1.82. The summed E-state index contributed by atoms with van der Waals surface area (Å²) in [6.45, 7) is 4.63. The normalized spacial score (nSPS) is 13.5. The molecule has 0 amide bonds. The van der Waals surface area contributed by atoms with Gasteiger partial charge in [0.25, 0.3) is 0 Å². The van der Waals surface area contributed by atoms with Gasteiger partial charge in [-0.3, -0.25) is 0 Å². The molecular formula is C10H15Se+. The first-order valence-electron chi connectivity index (χ1n) is 3.91. The molecule has 0 aromatic heterocycles. The minimum atomic E-state index is -0.503. The Morgan fingerprint density at radius 1 is 1.09 bits per heavy atom. The van der Waals surface area contributed by atoms with Crippen molar-refractivity contribution in [1.82, 2.24) is 0 Å². The summed E-state index contributed by atoms with van der Waals surface area (Å²) in [5.74, 6) is 2.40. The van der Waals surface area contributed by atoms with Crippen LogP contribution in [0.5, 0.6) is 0 Å². The molecule has 0 radical (unpaired) electrons. The van der Waals surface area contributed by atoms with Gasteiger partial charge in [0.05, 0.1) is 0 Å². The van der Waals surface area contributed by atoms with Crippen LogP contribution in [0.25, 0.3) is 0 Å². The molecule has 11 heavy (non-hydrogen) atoms. The van der Waals surface area contributed by atoms with Crippen molar-refractivity contribution >= 4 is 18.4 Å². The van der Waals surface area contributed by atoms with Crippen molar-refractivity contribution in [2.24, 2.45) is 0 Å². The second-order valence-electron chi connectivity index (χ2n) is 2.92. The predicted molar refractivity (Wildman–Crippen MR) is 52.8 cm³/mol. The van der Waals surface area contributed by atoms with Crippen LogP contribution in [0, 0.1) is 0 Å². The van der Waals surface area contributed by atoms with Gasteiger partial charge in [0.2, 0.25) is 0 Å². The van der Waals surface area contributed by atoms with Gasteiger partial charge in [-0.05, 0) is 0 Å². The van der Waals surface area contributed by atoms with Gasteiger partial charge in [-0.2, -0.15) is 0 Å². The van der Waals surface area contributed by atoms with E-state index in [0.29, 0.717) is 0 Å². The molecule has 1 unspecified atom stereocenters. The maximum atomic E-state index is 2.40. The van der Waals surface area contributed by atoms with E-state index in [2.05, 4.69) is 50.0 Å². The average Bonchev–Trinajstić information content (AvgIpc) is 2.05. The fourth-order valence-electron chi connectivity index (χ4n) is 0.907. The number of hydrogen-bond acceptors (Lipinski definition) is 0. The summed E-state index contributed by atoms with van der Waals surface area (Å²) in [4.78, 5) is 0.859. The van der Waals surface area contributed by atoms with Gasteiger partial charge < -0.3 is 0 Å². The molecule has 1 aromatic carbocycles. The van der Waals surface area contributed by atoms with Crippen LogP contribution in [-0.4, -0.2) is 13.9 Å². The molecule has 0 nitrogen and oxygen atoms in total. The topological polar surface area (TPSA) is 0 Å². The zero-order valence-corrected chi connectivity index (χ0v) is 9.09. The van der Waals surface area contributed by atoms with Gasteiger partial charge in [0.1, 0.15) is 0 Å². The van der Waals surface area contributed by atoms with Gasteiger partial charge in [0.15, 0.2) is 0 Å². The molecule has 0 bridgehead atoms. The van der Waals surface area contributed by atoms with Crippen molar-refractivity contribution in [1.29, 1.82) is 0 Å². The van der Waals surface area contributed by atoms with Crippen LogP contribution < -0.4 is 4.46 Å². The molecule has 1 aromatic rings. The Kier molecular flexibility index (Phi) is 3.16. The van der Waals surface area contributed by atoms with Crippen molar-refractivity contribution in [3.8, 4) is 0 Å². The van der Waals surface area contributed by atoms with Crippen LogP contribution in [0.3, 0.4) is 0 Å². The van der Waals surface area contributed by atoms with Crippen molar-refractivity contribution in [2.75, 3.05) is 0 Å². The average molecular weight is 214 g/mol. The Bertz CT molecular complexity index is 203. The van der Waals surface area contributed by atoms with E-state index in [9.17, 15) is 0 Å². The van der Waals surface area contributed by atoms with Crippen LogP contribution in [0.1, 0.15) is 13.8 Å². The van der Waals surface area contributed by atoms with Gasteiger partial charge >= 0.3 is 73.2 Å². The minimum absolute atomic E-state index is 0.503. The first kappa shape index (κ1) is 8.83. The van der Waals surface area contributed by atoms with Crippen LogP contribution in [-0.2, 0) is 0 Å². The van der Waals surface area contributed by atoms with E-state index in [0.717, 1.165) is 4.82 Å². The van der Waals surface area contributed by atoms with Gasteiger partial charge in [-0.15, -0.1) is 0 Å². The summed E-state index contributed by atoms with van der Waals surface area (Å²) in [6, 6.07) is 10.9. The van der Waals surface area contributed by atoms with Crippen molar-refractivity contribution < 1.29 is 0 Å². The number of rotatable bonds is 2. The third-order valence-corrected chi connectivity index (χ3v) is 6.92.